The number of hydrogen-bond acceptors (Lipinski definition) is 8. The molecule has 28 heavy (non-hydrogen) atoms. The Balaban J connectivity index is 1.71. The standard InChI is InChI=1S/C20H17NO7/c1-20(2)27-18(24)15(19(25)28-20)11-21-12-8-9-14(16(22)10-12)17(23)26-13-6-4-3-5-7-13/h3-11,21-22H,1-2H3. The highest BCUT2D eigenvalue weighted by atomic mass is 16.7. The van der Waals surface area contributed by atoms with Gasteiger partial charge >= 0.3 is 17.9 Å². The molecule has 8 nitrogen and oxygen atoms in total. The summed E-state index contributed by atoms with van der Waals surface area (Å²) in [5.41, 5.74) is -0.0432. The van der Waals surface area contributed by atoms with Gasteiger partial charge in [-0.15, -0.1) is 0 Å². The van der Waals surface area contributed by atoms with E-state index < -0.39 is 23.7 Å². The van der Waals surface area contributed by atoms with E-state index in [4.69, 9.17) is 14.2 Å². The Morgan fingerprint density at radius 3 is 2.32 bits per heavy atom. The SMILES string of the molecule is CC1(C)OC(=O)C(=CNc2ccc(C(=O)Oc3ccccc3)c(O)c2)C(=O)O1. The lowest BCUT2D eigenvalue weighted by atomic mass is 10.1. The van der Waals surface area contributed by atoms with Crippen LogP contribution in [0.3, 0.4) is 0 Å². The number of benzene rings is 2. The zero-order chi connectivity index (χ0) is 20.3. The fourth-order valence-electron chi connectivity index (χ4n) is 2.38. The predicted octanol–water partition coefficient (Wildman–Crippen LogP) is 2.74. The second kappa shape index (κ2) is 7.43. The number of cyclic esters (lactones) is 2. The van der Waals surface area contributed by atoms with Gasteiger partial charge < -0.3 is 24.6 Å². The molecular weight excluding hydrogens is 366 g/mol. The summed E-state index contributed by atoms with van der Waals surface area (Å²) >= 11 is 0. The number of rotatable bonds is 4. The van der Waals surface area contributed by atoms with Gasteiger partial charge in [0.2, 0.25) is 0 Å². The van der Waals surface area contributed by atoms with Crippen LogP contribution in [0.1, 0.15) is 24.2 Å². The molecular formula is C20H17NO7. The van der Waals surface area contributed by atoms with Crippen molar-refractivity contribution in [3.05, 3.63) is 65.9 Å². The summed E-state index contributed by atoms with van der Waals surface area (Å²) < 4.78 is 15.1. The Morgan fingerprint density at radius 1 is 1.07 bits per heavy atom. The van der Waals surface area contributed by atoms with Gasteiger partial charge in [0, 0.05) is 31.8 Å². The number of anilines is 1. The maximum atomic E-state index is 12.2. The van der Waals surface area contributed by atoms with Gasteiger partial charge in [0.15, 0.2) is 5.57 Å². The molecule has 0 bridgehead atoms. The number of ether oxygens (including phenoxy) is 3. The monoisotopic (exact) mass is 383 g/mol. The van der Waals surface area contributed by atoms with Crippen molar-refractivity contribution in [2.24, 2.45) is 0 Å². The fourth-order valence-corrected chi connectivity index (χ4v) is 2.38. The molecule has 0 unspecified atom stereocenters. The molecule has 0 aliphatic carbocycles. The molecule has 2 aromatic rings. The van der Waals surface area contributed by atoms with E-state index in [2.05, 4.69) is 5.32 Å². The minimum absolute atomic E-state index is 0.0414. The number of aromatic hydroxyl groups is 1. The fraction of sp³-hybridized carbons (Fsp3) is 0.150. The third-order valence-corrected chi connectivity index (χ3v) is 3.67. The Bertz CT molecular complexity index is 942. The Kier molecular flexibility index (Phi) is 5.04. The van der Waals surface area contributed by atoms with Gasteiger partial charge in [-0.05, 0) is 24.3 Å². The average Bonchev–Trinajstić information content (AvgIpc) is 2.60. The van der Waals surface area contributed by atoms with Gasteiger partial charge in [0.25, 0.3) is 5.79 Å². The van der Waals surface area contributed by atoms with Crippen molar-refractivity contribution in [2.75, 3.05) is 5.32 Å². The molecule has 1 saturated heterocycles. The van der Waals surface area contributed by atoms with Crippen LogP contribution in [0.2, 0.25) is 0 Å². The largest absolute Gasteiger partial charge is 0.507 e. The van der Waals surface area contributed by atoms with E-state index in [1.54, 1.807) is 30.3 Å². The van der Waals surface area contributed by atoms with Gasteiger partial charge in [-0.2, -0.15) is 0 Å². The Morgan fingerprint density at radius 2 is 1.71 bits per heavy atom. The van der Waals surface area contributed by atoms with Crippen molar-refractivity contribution in [3.63, 3.8) is 0 Å². The van der Waals surface area contributed by atoms with E-state index in [1.165, 1.54) is 32.0 Å². The van der Waals surface area contributed by atoms with Crippen LogP contribution in [-0.2, 0) is 19.1 Å². The third-order valence-electron chi connectivity index (χ3n) is 3.67. The molecule has 2 aromatic carbocycles. The molecule has 1 fully saturated rings. The molecule has 8 heteroatoms. The lowest BCUT2D eigenvalue weighted by molar-refractivity contribution is -0.222. The van der Waals surface area contributed by atoms with E-state index in [0.29, 0.717) is 11.4 Å². The molecule has 0 atom stereocenters. The van der Waals surface area contributed by atoms with Crippen molar-refractivity contribution in [3.8, 4) is 11.5 Å². The molecule has 0 spiro atoms. The Hall–Kier alpha value is -3.81. The minimum Gasteiger partial charge on any atom is -0.507 e. The summed E-state index contributed by atoms with van der Waals surface area (Å²) in [5.74, 6) is -3.71. The number of carbonyl (C=O) groups is 3. The zero-order valence-electron chi connectivity index (χ0n) is 15.1. The van der Waals surface area contributed by atoms with Crippen LogP contribution in [0.5, 0.6) is 11.5 Å². The topological polar surface area (TPSA) is 111 Å². The first kappa shape index (κ1) is 19.0. The highest BCUT2D eigenvalue weighted by Gasteiger charge is 2.38. The quantitative estimate of drug-likeness (QED) is 0.359. The van der Waals surface area contributed by atoms with Crippen LogP contribution in [0.25, 0.3) is 0 Å². The van der Waals surface area contributed by atoms with Crippen molar-refractivity contribution in [2.45, 2.75) is 19.6 Å². The van der Waals surface area contributed by atoms with Crippen LogP contribution < -0.4 is 10.1 Å². The molecule has 0 aromatic heterocycles. The number of phenols is 1. The van der Waals surface area contributed by atoms with Gasteiger partial charge in [-0.25, -0.2) is 14.4 Å². The first-order chi connectivity index (χ1) is 13.2. The van der Waals surface area contributed by atoms with Crippen LogP contribution in [0, 0.1) is 0 Å². The second-order valence-electron chi connectivity index (χ2n) is 6.32. The summed E-state index contributed by atoms with van der Waals surface area (Å²) in [6, 6.07) is 12.5. The second-order valence-corrected chi connectivity index (χ2v) is 6.32. The van der Waals surface area contributed by atoms with E-state index in [0.717, 1.165) is 6.20 Å². The number of nitrogens with one attached hydrogen (secondary N) is 1. The lowest BCUT2D eigenvalue weighted by Gasteiger charge is -2.29. The van der Waals surface area contributed by atoms with Crippen molar-refractivity contribution < 1.29 is 33.7 Å². The van der Waals surface area contributed by atoms with E-state index in [-0.39, 0.29) is 16.9 Å². The van der Waals surface area contributed by atoms with E-state index in [9.17, 15) is 19.5 Å². The summed E-state index contributed by atoms with van der Waals surface area (Å²) in [6.07, 6.45) is 1.11. The number of phenolic OH excluding ortho intramolecular Hbond substituents is 1. The van der Waals surface area contributed by atoms with Gasteiger partial charge in [0.1, 0.15) is 17.1 Å². The normalized spacial score (nSPS) is 15.3. The highest BCUT2D eigenvalue weighted by Crippen LogP contribution is 2.25. The molecule has 144 valence electrons. The predicted molar refractivity (Wildman–Crippen MR) is 97.5 cm³/mol. The molecule has 0 radical (unpaired) electrons. The number of carbonyl (C=O) groups excluding carboxylic acids is 3. The number of hydrogen-bond donors (Lipinski definition) is 2. The van der Waals surface area contributed by atoms with Crippen molar-refractivity contribution in [1.82, 2.24) is 0 Å². The first-order valence-corrected chi connectivity index (χ1v) is 8.29. The summed E-state index contributed by atoms with van der Waals surface area (Å²) in [6.45, 7) is 2.89. The highest BCUT2D eigenvalue weighted by molar-refractivity contribution is 6.15. The van der Waals surface area contributed by atoms with Gasteiger partial charge in [0.05, 0.1) is 0 Å². The van der Waals surface area contributed by atoms with E-state index in [1.807, 2.05) is 0 Å². The van der Waals surface area contributed by atoms with Gasteiger partial charge in [-0.3, -0.25) is 0 Å². The number of esters is 3. The summed E-state index contributed by atoms with van der Waals surface area (Å²) in [5, 5.41) is 12.8. The van der Waals surface area contributed by atoms with Crippen LogP contribution in [-0.4, -0.2) is 28.8 Å². The Labute approximate surface area is 160 Å². The molecule has 2 N–H and O–H groups in total. The molecule has 1 heterocycles. The average molecular weight is 383 g/mol. The zero-order valence-corrected chi connectivity index (χ0v) is 15.1. The van der Waals surface area contributed by atoms with Gasteiger partial charge in [-0.1, -0.05) is 18.2 Å². The lowest BCUT2D eigenvalue weighted by Crippen LogP contribution is -2.42. The maximum absolute atomic E-state index is 12.2. The molecule has 1 aliphatic rings. The van der Waals surface area contributed by atoms with Crippen LogP contribution >= 0.6 is 0 Å². The molecule has 0 saturated carbocycles. The first-order valence-electron chi connectivity index (χ1n) is 8.29. The summed E-state index contributed by atoms with van der Waals surface area (Å²) in [4.78, 5) is 35.9. The minimum atomic E-state index is -1.33. The number of para-hydroxylation sites is 1. The third kappa shape index (κ3) is 4.29. The van der Waals surface area contributed by atoms with Crippen molar-refractivity contribution in [1.29, 1.82) is 0 Å². The molecule has 0 amide bonds. The van der Waals surface area contributed by atoms with Crippen LogP contribution in [0.15, 0.2) is 60.3 Å². The summed E-state index contributed by atoms with van der Waals surface area (Å²) in [7, 11) is 0. The smallest absolute Gasteiger partial charge is 0.350 e. The van der Waals surface area contributed by atoms with E-state index >= 15 is 0 Å². The molecule has 3 rings (SSSR count). The maximum Gasteiger partial charge on any atom is 0.350 e. The van der Waals surface area contributed by atoms with Crippen molar-refractivity contribution >= 4 is 23.6 Å². The van der Waals surface area contributed by atoms with Crippen LogP contribution in [0.4, 0.5) is 5.69 Å². The molecule has 1 aliphatic heterocycles.